The largest absolute Gasteiger partial charge is 0.357 e. The van der Waals surface area contributed by atoms with Gasteiger partial charge in [-0.1, -0.05) is 48.0 Å². The molecule has 6 rings (SSSR count). The van der Waals surface area contributed by atoms with Gasteiger partial charge in [-0.25, -0.2) is 0 Å². The Balaban J connectivity index is 0.000000442. The standard InChI is InChI=1S/C28H33ClN6.C6H7N/c29-23-8-9-27-26(15-23)25-10-13-34(19-28(25)33-27)17-21-4-6-22(7-5-21)18-35(20-30)14-12-31-16-24-3-1-2-11-32-24;1-6-4-2-3-5-7-6/h1-9,11,15,31,33H,10,12-14,16-20,30H2;2-5H,1H3. The van der Waals surface area contributed by atoms with Crippen LogP contribution in [0, 0.1) is 6.92 Å². The van der Waals surface area contributed by atoms with Crippen LogP contribution >= 0.6 is 11.6 Å². The summed E-state index contributed by atoms with van der Waals surface area (Å²) in [6.45, 7) is 8.87. The van der Waals surface area contributed by atoms with Crippen LogP contribution in [-0.2, 0) is 32.6 Å². The number of halogens is 1. The first kappa shape index (κ1) is 29.9. The Morgan fingerprint density at radius 2 is 1.76 bits per heavy atom. The van der Waals surface area contributed by atoms with Gasteiger partial charge in [0.1, 0.15) is 0 Å². The molecule has 0 fully saturated rings. The van der Waals surface area contributed by atoms with E-state index in [1.165, 1.54) is 33.3 Å². The van der Waals surface area contributed by atoms with E-state index in [4.69, 9.17) is 17.3 Å². The van der Waals surface area contributed by atoms with Crippen molar-refractivity contribution in [2.75, 3.05) is 26.3 Å². The first-order valence-corrected chi connectivity index (χ1v) is 14.9. The minimum atomic E-state index is 0.541. The van der Waals surface area contributed by atoms with Crippen molar-refractivity contribution in [1.29, 1.82) is 0 Å². The number of aromatic amines is 1. The van der Waals surface area contributed by atoms with Crippen LogP contribution in [0.2, 0.25) is 5.02 Å². The Bertz CT molecular complexity index is 1520. The van der Waals surface area contributed by atoms with Gasteiger partial charge in [0.2, 0.25) is 0 Å². The van der Waals surface area contributed by atoms with Crippen LogP contribution < -0.4 is 11.1 Å². The van der Waals surface area contributed by atoms with Crippen LogP contribution in [0.1, 0.15) is 33.8 Å². The van der Waals surface area contributed by atoms with Gasteiger partial charge in [-0.05, 0) is 72.5 Å². The van der Waals surface area contributed by atoms with E-state index in [1.54, 1.807) is 6.20 Å². The molecule has 0 amide bonds. The maximum absolute atomic E-state index is 6.22. The third kappa shape index (κ3) is 8.47. The number of nitrogens with zero attached hydrogens (tertiary/aromatic N) is 4. The van der Waals surface area contributed by atoms with Gasteiger partial charge < -0.3 is 16.0 Å². The summed E-state index contributed by atoms with van der Waals surface area (Å²) >= 11 is 6.22. The van der Waals surface area contributed by atoms with E-state index in [0.29, 0.717) is 6.67 Å². The summed E-state index contributed by atoms with van der Waals surface area (Å²) in [6, 6.07) is 26.9. The number of benzene rings is 2. The average Bonchev–Trinajstić information content (AvgIpc) is 3.37. The zero-order chi connectivity index (χ0) is 29.1. The third-order valence-electron chi connectivity index (χ3n) is 7.56. The number of nitrogens with two attached hydrogens (primary N) is 1. The minimum absolute atomic E-state index is 0.541. The van der Waals surface area contributed by atoms with Gasteiger partial charge in [0.15, 0.2) is 0 Å². The zero-order valence-corrected chi connectivity index (χ0v) is 25.0. The van der Waals surface area contributed by atoms with Gasteiger partial charge in [-0.2, -0.15) is 0 Å². The van der Waals surface area contributed by atoms with Crippen LogP contribution in [0.15, 0.2) is 91.3 Å². The Hall–Kier alpha value is -3.59. The van der Waals surface area contributed by atoms with Gasteiger partial charge in [-0.3, -0.25) is 19.8 Å². The molecule has 0 spiro atoms. The minimum Gasteiger partial charge on any atom is -0.357 e. The second-order valence-corrected chi connectivity index (χ2v) is 11.2. The lowest BCUT2D eigenvalue weighted by Gasteiger charge is -2.27. The van der Waals surface area contributed by atoms with Crippen molar-refractivity contribution in [3.8, 4) is 0 Å². The maximum atomic E-state index is 6.22. The van der Waals surface area contributed by atoms with Crippen molar-refractivity contribution >= 4 is 22.5 Å². The molecule has 8 heteroatoms. The van der Waals surface area contributed by atoms with Gasteiger partial charge in [0.05, 0.1) is 5.69 Å². The topological polar surface area (TPSA) is 86.1 Å². The fourth-order valence-electron chi connectivity index (χ4n) is 5.31. The lowest BCUT2D eigenvalue weighted by molar-refractivity contribution is 0.243. The van der Waals surface area contributed by atoms with E-state index in [2.05, 4.69) is 66.5 Å². The summed E-state index contributed by atoms with van der Waals surface area (Å²) < 4.78 is 0. The number of aromatic nitrogens is 3. The molecule has 0 saturated carbocycles. The van der Waals surface area contributed by atoms with Crippen molar-refractivity contribution in [2.24, 2.45) is 5.73 Å². The lowest BCUT2D eigenvalue weighted by Crippen LogP contribution is -2.35. The number of hydrogen-bond acceptors (Lipinski definition) is 6. The molecule has 0 bridgehead atoms. The number of aryl methyl sites for hydroxylation is 1. The predicted molar refractivity (Wildman–Crippen MR) is 172 cm³/mol. The predicted octanol–water partition coefficient (Wildman–Crippen LogP) is 5.67. The summed E-state index contributed by atoms with van der Waals surface area (Å²) in [5, 5.41) is 5.52. The number of rotatable bonds is 10. The highest BCUT2D eigenvalue weighted by atomic mass is 35.5. The molecule has 4 heterocycles. The molecule has 7 nitrogen and oxygen atoms in total. The molecule has 2 aromatic carbocycles. The number of fused-ring (bicyclic) bond motifs is 3. The third-order valence-corrected chi connectivity index (χ3v) is 7.79. The van der Waals surface area contributed by atoms with Crippen LogP contribution in [0.5, 0.6) is 0 Å². The Labute approximate surface area is 253 Å². The van der Waals surface area contributed by atoms with Crippen molar-refractivity contribution in [3.63, 3.8) is 0 Å². The second kappa shape index (κ2) is 15.0. The molecule has 4 N–H and O–H groups in total. The molecule has 218 valence electrons. The molecular weight excluding hydrogens is 542 g/mol. The fourth-order valence-corrected chi connectivity index (χ4v) is 5.48. The number of nitrogens with one attached hydrogen (secondary N) is 2. The Morgan fingerprint density at radius 3 is 2.45 bits per heavy atom. The van der Waals surface area contributed by atoms with Gasteiger partial charge >= 0.3 is 0 Å². The maximum Gasteiger partial charge on any atom is 0.0541 e. The normalized spacial score (nSPS) is 13.1. The summed E-state index contributed by atoms with van der Waals surface area (Å²) in [5.41, 5.74) is 14.7. The van der Waals surface area contributed by atoms with Crippen molar-refractivity contribution in [2.45, 2.75) is 39.5 Å². The van der Waals surface area contributed by atoms with Crippen LogP contribution in [0.25, 0.3) is 10.9 Å². The van der Waals surface area contributed by atoms with Gasteiger partial charge in [-0.15, -0.1) is 0 Å². The van der Waals surface area contributed by atoms with E-state index >= 15 is 0 Å². The van der Waals surface area contributed by atoms with E-state index in [9.17, 15) is 0 Å². The molecular formula is C34H40ClN7. The van der Waals surface area contributed by atoms with E-state index in [-0.39, 0.29) is 0 Å². The lowest BCUT2D eigenvalue weighted by atomic mass is 10.0. The summed E-state index contributed by atoms with van der Waals surface area (Å²) in [6.07, 6.45) is 4.66. The Kier molecular flexibility index (Phi) is 10.7. The summed E-state index contributed by atoms with van der Waals surface area (Å²) in [5.74, 6) is 0. The smallest absolute Gasteiger partial charge is 0.0541 e. The SMILES string of the molecule is Cc1ccccn1.NCN(CCNCc1ccccn1)Cc1ccc(CN2CCc3c([nH]c4ccc(Cl)cc34)C2)cc1. The summed E-state index contributed by atoms with van der Waals surface area (Å²) in [4.78, 5) is 16.7. The molecule has 1 aliphatic rings. The number of H-pyrrole nitrogens is 1. The van der Waals surface area contributed by atoms with E-state index < -0.39 is 0 Å². The van der Waals surface area contributed by atoms with Crippen molar-refractivity contribution < 1.29 is 0 Å². The van der Waals surface area contributed by atoms with E-state index in [0.717, 1.165) is 68.6 Å². The summed E-state index contributed by atoms with van der Waals surface area (Å²) in [7, 11) is 0. The monoisotopic (exact) mass is 581 g/mol. The fraction of sp³-hybridized carbons (Fsp3) is 0.294. The Morgan fingerprint density at radius 1 is 0.976 bits per heavy atom. The van der Waals surface area contributed by atoms with Crippen LogP contribution in [0.4, 0.5) is 0 Å². The first-order valence-electron chi connectivity index (χ1n) is 14.6. The second-order valence-electron chi connectivity index (χ2n) is 10.8. The molecule has 0 saturated heterocycles. The molecule has 0 atom stereocenters. The highest BCUT2D eigenvalue weighted by Gasteiger charge is 2.20. The van der Waals surface area contributed by atoms with Crippen LogP contribution in [0.3, 0.4) is 0 Å². The molecule has 3 aromatic heterocycles. The number of pyridine rings is 2. The van der Waals surface area contributed by atoms with Gasteiger partial charge in [0, 0.05) is 92.2 Å². The highest BCUT2D eigenvalue weighted by Crippen LogP contribution is 2.30. The number of hydrogen-bond donors (Lipinski definition) is 3. The van der Waals surface area contributed by atoms with Crippen molar-refractivity contribution in [1.82, 2.24) is 30.1 Å². The van der Waals surface area contributed by atoms with Crippen LogP contribution in [-0.4, -0.2) is 51.1 Å². The molecule has 0 radical (unpaired) electrons. The molecule has 1 aliphatic heterocycles. The van der Waals surface area contributed by atoms with Crippen molar-refractivity contribution in [3.05, 3.63) is 130 Å². The zero-order valence-electron chi connectivity index (χ0n) is 24.3. The molecule has 42 heavy (non-hydrogen) atoms. The molecule has 5 aromatic rings. The average molecular weight is 582 g/mol. The molecule has 0 unspecified atom stereocenters. The van der Waals surface area contributed by atoms with E-state index in [1.807, 2.05) is 55.6 Å². The van der Waals surface area contributed by atoms with Gasteiger partial charge in [0.25, 0.3) is 0 Å². The quantitative estimate of drug-likeness (QED) is 0.145. The highest BCUT2D eigenvalue weighted by molar-refractivity contribution is 6.31. The molecule has 0 aliphatic carbocycles. The first-order chi connectivity index (χ1) is 20.6.